The van der Waals surface area contributed by atoms with Gasteiger partial charge in [0, 0.05) is 18.6 Å². The molecule has 92 valence electrons. The average molecular weight is 258 g/mol. The van der Waals surface area contributed by atoms with Crippen LogP contribution in [0.3, 0.4) is 0 Å². The summed E-state index contributed by atoms with van der Waals surface area (Å²) in [5.74, 6) is 1.57. The number of aromatic nitrogens is 1. The van der Waals surface area contributed by atoms with Crippen molar-refractivity contribution in [3.05, 3.63) is 18.0 Å². The lowest BCUT2D eigenvalue weighted by Crippen LogP contribution is -2.11. The van der Waals surface area contributed by atoms with E-state index in [1.54, 1.807) is 22.8 Å². The summed E-state index contributed by atoms with van der Waals surface area (Å²) in [5.41, 5.74) is 0.120. The molecule has 0 bridgehead atoms. The summed E-state index contributed by atoms with van der Waals surface area (Å²) < 4.78 is 11.2. The van der Waals surface area contributed by atoms with Gasteiger partial charge < -0.3 is 14.0 Å². The van der Waals surface area contributed by atoms with Crippen LogP contribution in [-0.4, -0.2) is 36.6 Å². The van der Waals surface area contributed by atoms with E-state index < -0.39 is 5.97 Å². The lowest BCUT2D eigenvalue weighted by molar-refractivity contribution is -0.133. The van der Waals surface area contributed by atoms with Gasteiger partial charge in [-0.15, -0.1) is 11.6 Å². The van der Waals surface area contributed by atoms with Crippen LogP contribution in [0.4, 0.5) is 0 Å². The van der Waals surface area contributed by atoms with Crippen molar-refractivity contribution in [1.29, 1.82) is 0 Å². The molecule has 1 rings (SSSR count). The highest BCUT2D eigenvalue weighted by atomic mass is 35.5. The van der Waals surface area contributed by atoms with E-state index in [4.69, 9.17) is 16.3 Å². The van der Waals surface area contributed by atoms with E-state index in [-0.39, 0.29) is 5.57 Å². The smallest absolute Gasteiger partial charge is 0.351 e. The molecular weight excluding hydrogens is 246 g/mol. The summed E-state index contributed by atoms with van der Waals surface area (Å²) in [7, 11) is 2.64. The minimum atomic E-state index is -0.757. The Kier molecular flexibility index (Phi) is 4.82. The van der Waals surface area contributed by atoms with Crippen LogP contribution in [0, 0.1) is 0 Å². The minimum absolute atomic E-state index is 0.209. The van der Waals surface area contributed by atoms with E-state index in [0.717, 1.165) is 0 Å². The van der Waals surface area contributed by atoms with Gasteiger partial charge in [0.05, 0.1) is 14.2 Å². The Balaban J connectivity index is 3.30. The lowest BCUT2D eigenvalue weighted by Gasteiger charge is -2.09. The van der Waals surface area contributed by atoms with Crippen LogP contribution in [0.5, 0.6) is 5.75 Å². The second kappa shape index (κ2) is 6.13. The van der Waals surface area contributed by atoms with E-state index in [9.17, 15) is 9.59 Å². The van der Waals surface area contributed by atoms with Crippen molar-refractivity contribution in [2.24, 2.45) is 0 Å². The van der Waals surface area contributed by atoms with Gasteiger partial charge in [-0.05, 0) is 6.07 Å². The third-order valence-electron chi connectivity index (χ3n) is 2.20. The fraction of sp³-hybridized carbons (Fsp3) is 0.364. The first-order chi connectivity index (χ1) is 8.19. The van der Waals surface area contributed by atoms with Crippen molar-refractivity contribution in [2.45, 2.75) is 6.54 Å². The van der Waals surface area contributed by atoms with Crippen LogP contribution in [0.1, 0.15) is 5.69 Å². The van der Waals surface area contributed by atoms with Crippen molar-refractivity contribution in [2.75, 3.05) is 20.1 Å². The van der Waals surface area contributed by atoms with Crippen molar-refractivity contribution in [3.63, 3.8) is 0 Å². The molecule has 0 radical (unpaired) electrons. The Morgan fingerprint density at radius 2 is 2.24 bits per heavy atom. The Morgan fingerprint density at radius 3 is 2.71 bits per heavy atom. The maximum Gasteiger partial charge on any atom is 0.351 e. The Hall–Kier alpha value is -1.71. The molecule has 0 unspecified atom stereocenters. The second-order valence-corrected chi connectivity index (χ2v) is 3.46. The summed E-state index contributed by atoms with van der Waals surface area (Å²) in [5, 5.41) is 0. The molecule has 6 heteroatoms. The largest absolute Gasteiger partial charge is 0.494 e. The van der Waals surface area contributed by atoms with E-state index in [1.165, 1.54) is 14.2 Å². The quantitative estimate of drug-likeness (QED) is 0.343. The van der Waals surface area contributed by atoms with Gasteiger partial charge in [0.25, 0.3) is 0 Å². The number of hydrogen-bond acceptors (Lipinski definition) is 4. The molecule has 0 saturated heterocycles. The fourth-order valence-electron chi connectivity index (χ4n) is 1.45. The third-order valence-corrected chi connectivity index (χ3v) is 2.37. The summed E-state index contributed by atoms with van der Waals surface area (Å²) in [6.07, 6.45) is 1.68. The van der Waals surface area contributed by atoms with Gasteiger partial charge in [0.2, 0.25) is 0 Å². The number of carbonyl (C=O) groups is 1. The van der Waals surface area contributed by atoms with Gasteiger partial charge in [-0.3, -0.25) is 0 Å². The van der Waals surface area contributed by atoms with Gasteiger partial charge in [-0.1, -0.05) is 0 Å². The van der Waals surface area contributed by atoms with Gasteiger partial charge >= 0.3 is 5.97 Å². The van der Waals surface area contributed by atoms with Gasteiger partial charge in [0.1, 0.15) is 17.4 Å². The monoisotopic (exact) mass is 257 g/mol. The average Bonchev–Trinajstić information content (AvgIpc) is 2.74. The normalized spacial score (nSPS) is 9.59. The van der Waals surface area contributed by atoms with Crippen molar-refractivity contribution in [1.82, 2.24) is 4.57 Å². The van der Waals surface area contributed by atoms with Crippen LogP contribution in [0.15, 0.2) is 12.3 Å². The zero-order chi connectivity index (χ0) is 12.8. The first kappa shape index (κ1) is 13.4. The van der Waals surface area contributed by atoms with Crippen LogP contribution >= 0.6 is 11.6 Å². The van der Waals surface area contributed by atoms with Gasteiger partial charge in [-0.25, -0.2) is 9.59 Å². The van der Waals surface area contributed by atoms with Crippen LogP contribution in [0.2, 0.25) is 0 Å². The first-order valence-corrected chi connectivity index (χ1v) is 5.35. The zero-order valence-corrected chi connectivity index (χ0v) is 10.3. The summed E-state index contributed by atoms with van der Waals surface area (Å²) in [4.78, 5) is 22.3. The Labute approximate surface area is 104 Å². The molecular formula is C11H12ClNO4. The molecule has 0 amide bonds. The zero-order valence-electron chi connectivity index (χ0n) is 9.53. The number of hydrogen-bond donors (Lipinski definition) is 0. The number of aryl methyl sites for hydroxylation is 1. The third kappa shape index (κ3) is 2.70. The van der Waals surface area contributed by atoms with E-state index in [0.29, 0.717) is 23.9 Å². The number of carbonyl (C=O) groups excluding carboxylic acids is 2. The topological polar surface area (TPSA) is 57.5 Å². The second-order valence-electron chi connectivity index (χ2n) is 3.08. The molecule has 0 aliphatic carbocycles. The summed E-state index contributed by atoms with van der Waals surface area (Å²) >= 11 is 5.64. The predicted octanol–water partition coefficient (Wildman–Crippen LogP) is 1.12. The number of halogens is 1. The summed E-state index contributed by atoms with van der Waals surface area (Å²) in [6.45, 7) is 0.447. The molecule has 0 fully saturated rings. The number of ether oxygens (including phenoxy) is 2. The van der Waals surface area contributed by atoms with Crippen LogP contribution in [-0.2, 0) is 20.9 Å². The molecule has 0 saturated carbocycles. The number of rotatable bonds is 5. The minimum Gasteiger partial charge on any atom is -0.494 e. The molecule has 5 nitrogen and oxygen atoms in total. The molecule has 0 N–H and O–H groups in total. The fourth-order valence-corrected chi connectivity index (χ4v) is 1.63. The van der Waals surface area contributed by atoms with Gasteiger partial charge in [-0.2, -0.15) is 0 Å². The van der Waals surface area contributed by atoms with Gasteiger partial charge in [0.15, 0.2) is 5.57 Å². The number of nitrogens with zero attached hydrogens (tertiary/aromatic N) is 1. The molecule has 1 aromatic rings. The molecule has 1 heterocycles. The number of esters is 1. The highest BCUT2D eigenvalue weighted by Crippen LogP contribution is 2.26. The molecule has 1 aromatic heterocycles. The SMILES string of the molecule is COC(=O)C(=C=O)c1c(OC)ccn1CCCl. The maximum atomic E-state index is 11.4. The molecule has 0 aromatic carbocycles. The Bertz CT molecular complexity index is 460. The van der Waals surface area contributed by atoms with Crippen molar-refractivity contribution >= 4 is 29.1 Å². The Morgan fingerprint density at radius 1 is 1.53 bits per heavy atom. The lowest BCUT2D eigenvalue weighted by atomic mass is 10.2. The van der Waals surface area contributed by atoms with E-state index >= 15 is 0 Å². The highest BCUT2D eigenvalue weighted by molar-refractivity contribution is 6.25. The molecule has 17 heavy (non-hydrogen) atoms. The van der Waals surface area contributed by atoms with Crippen LogP contribution in [0.25, 0.3) is 5.57 Å². The standard InChI is InChI=1S/C11H12ClNO4/c1-16-9-3-5-13(6-4-12)10(9)8(7-14)11(15)17-2/h3,5H,4,6H2,1-2H3. The van der Waals surface area contributed by atoms with E-state index in [2.05, 4.69) is 4.74 Å². The predicted molar refractivity (Wildman–Crippen MR) is 62.8 cm³/mol. The van der Waals surface area contributed by atoms with Crippen molar-refractivity contribution < 1.29 is 19.1 Å². The first-order valence-electron chi connectivity index (χ1n) is 4.82. The number of alkyl halides is 1. The van der Waals surface area contributed by atoms with Crippen molar-refractivity contribution in [3.8, 4) is 5.75 Å². The number of methoxy groups -OCH3 is 2. The molecule has 0 atom stereocenters. The van der Waals surface area contributed by atoms with E-state index in [1.807, 2.05) is 0 Å². The molecule has 0 aliphatic rings. The highest BCUT2D eigenvalue weighted by Gasteiger charge is 2.22. The van der Waals surface area contributed by atoms with Crippen LogP contribution < -0.4 is 4.74 Å². The molecule has 0 aliphatic heterocycles. The molecule has 0 spiro atoms. The summed E-state index contributed by atoms with van der Waals surface area (Å²) in [6, 6.07) is 1.64. The maximum absolute atomic E-state index is 11.4.